The predicted molar refractivity (Wildman–Crippen MR) is 131 cm³/mol. The highest BCUT2D eigenvalue weighted by molar-refractivity contribution is 7.91. The Bertz CT molecular complexity index is 1350. The van der Waals surface area contributed by atoms with Crippen LogP contribution < -0.4 is 4.90 Å². The van der Waals surface area contributed by atoms with Crippen LogP contribution in [-0.4, -0.2) is 41.4 Å². The monoisotopic (exact) mass is 482 g/mol. The van der Waals surface area contributed by atoms with Crippen molar-refractivity contribution in [1.29, 1.82) is 0 Å². The van der Waals surface area contributed by atoms with Gasteiger partial charge in [-0.25, -0.2) is 13.4 Å². The van der Waals surface area contributed by atoms with E-state index in [2.05, 4.69) is 17.2 Å². The SMILES string of the molecule is Cc1cc(C)c2nc(N(CCn3cccn3)C(=O)CCCS(=O)(=O)c3ccccc3)sc2c1. The van der Waals surface area contributed by atoms with Crippen molar-refractivity contribution in [3.05, 3.63) is 72.1 Å². The zero-order valence-corrected chi connectivity index (χ0v) is 20.3. The fraction of sp³-hybridized carbons (Fsp3) is 0.292. The number of benzene rings is 2. The van der Waals surface area contributed by atoms with Crippen LogP contribution in [0.2, 0.25) is 0 Å². The number of amides is 1. The Morgan fingerprint density at radius 2 is 1.91 bits per heavy atom. The minimum absolute atomic E-state index is 0.0755. The second-order valence-corrected chi connectivity index (χ2v) is 11.1. The first-order chi connectivity index (χ1) is 15.8. The Morgan fingerprint density at radius 1 is 1.12 bits per heavy atom. The molecule has 0 saturated carbocycles. The molecule has 33 heavy (non-hydrogen) atoms. The number of anilines is 1. The van der Waals surface area contributed by atoms with Gasteiger partial charge in [0.2, 0.25) is 5.91 Å². The molecular formula is C24H26N4O3S2. The molecule has 1 amide bonds. The predicted octanol–water partition coefficient (Wildman–Crippen LogP) is 4.40. The number of sulfone groups is 1. The maximum Gasteiger partial charge on any atom is 0.228 e. The third-order valence-corrected chi connectivity index (χ3v) is 8.21. The van der Waals surface area contributed by atoms with Crippen LogP contribution in [0.5, 0.6) is 0 Å². The molecule has 7 nitrogen and oxygen atoms in total. The molecule has 0 radical (unpaired) electrons. The molecule has 0 aliphatic carbocycles. The number of rotatable bonds is 9. The second-order valence-electron chi connectivity index (χ2n) is 7.97. The van der Waals surface area contributed by atoms with Crippen LogP contribution in [0.3, 0.4) is 0 Å². The van der Waals surface area contributed by atoms with Gasteiger partial charge in [-0.3, -0.25) is 14.4 Å². The van der Waals surface area contributed by atoms with E-state index in [1.165, 1.54) is 11.3 Å². The van der Waals surface area contributed by atoms with Crippen molar-refractivity contribution in [2.75, 3.05) is 17.2 Å². The Labute approximate surface area is 197 Å². The van der Waals surface area contributed by atoms with Gasteiger partial charge in [0.15, 0.2) is 15.0 Å². The van der Waals surface area contributed by atoms with Crippen LogP contribution in [0.15, 0.2) is 65.8 Å². The van der Waals surface area contributed by atoms with E-state index in [0.717, 1.165) is 21.3 Å². The average molecular weight is 483 g/mol. The smallest absolute Gasteiger partial charge is 0.228 e. The first-order valence-electron chi connectivity index (χ1n) is 10.8. The summed E-state index contributed by atoms with van der Waals surface area (Å²) in [6, 6.07) is 14.3. The molecule has 0 atom stereocenters. The van der Waals surface area contributed by atoms with Crippen LogP contribution in [0.4, 0.5) is 5.13 Å². The molecule has 9 heteroatoms. The molecule has 0 aliphatic rings. The van der Waals surface area contributed by atoms with Gasteiger partial charge in [0, 0.05) is 25.4 Å². The second kappa shape index (κ2) is 9.84. The highest BCUT2D eigenvalue weighted by Gasteiger charge is 2.22. The first-order valence-corrected chi connectivity index (χ1v) is 13.2. The fourth-order valence-electron chi connectivity index (χ4n) is 3.73. The molecule has 4 aromatic rings. The number of carbonyl (C=O) groups excluding carboxylic acids is 1. The topological polar surface area (TPSA) is 85.2 Å². The van der Waals surface area contributed by atoms with Crippen molar-refractivity contribution in [3.8, 4) is 0 Å². The molecule has 0 fully saturated rings. The highest BCUT2D eigenvalue weighted by Crippen LogP contribution is 2.32. The van der Waals surface area contributed by atoms with Gasteiger partial charge < -0.3 is 0 Å². The lowest BCUT2D eigenvalue weighted by atomic mass is 10.1. The number of fused-ring (bicyclic) bond motifs is 1. The summed E-state index contributed by atoms with van der Waals surface area (Å²) in [6.07, 6.45) is 3.92. The molecule has 0 aliphatic heterocycles. The fourth-order valence-corrected chi connectivity index (χ4v) is 6.25. The van der Waals surface area contributed by atoms with E-state index < -0.39 is 9.84 Å². The molecule has 0 N–H and O–H groups in total. The van der Waals surface area contributed by atoms with Crippen LogP contribution >= 0.6 is 11.3 Å². The van der Waals surface area contributed by atoms with E-state index in [4.69, 9.17) is 4.98 Å². The third-order valence-electron chi connectivity index (χ3n) is 5.37. The quantitative estimate of drug-likeness (QED) is 0.353. The molecule has 172 valence electrons. The maximum atomic E-state index is 13.2. The summed E-state index contributed by atoms with van der Waals surface area (Å²) in [6.45, 7) is 4.99. The molecular weight excluding hydrogens is 456 g/mol. The van der Waals surface area contributed by atoms with Gasteiger partial charge >= 0.3 is 0 Å². The van der Waals surface area contributed by atoms with Crippen molar-refractivity contribution in [2.45, 2.75) is 38.1 Å². The van der Waals surface area contributed by atoms with Gasteiger partial charge in [0.05, 0.1) is 27.4 Å². The Hall–Kier alpha value is -3.04. The van der Waals surface area contributed by atoms with Gasteiger partial charge in [-0.15, -0.1) is 0 Å². The Morgan fingerprint density at radius 3 is 2.64 bits per heavy atom. The standard InChI is InChI=1S/C24H26N4O3S2/c1-18-16-19(2)23-21(17-18)32-24(26-23)28(14-13-27-12-7-11-25-27)22(29)10-6-15-33(30,31)20-8-4-3-5-9-20/h3-5,7-9,11-12,16-17H,6,10,13-15H2,1-2H3. The van der Waals surface area contributed by atoms with Crippen LogP contribution in [-0.2, 0) is 21.2 Å². The summed E-state index contributed by atoms with van der Waals surface area (Å²) in [5, 5.41) is 4.85. The van der Waals surface area contributed by atoms with Crippen molar-refractivity contribution < 1.29 is 13.2 Å². The van der Waals surface area contributed by atoms with Crippen molar-refractivity contribution in [3.63, 3.8) is 0 Å². The van der Waals surface area contributed by atoms with Crippen molar-refractivity contribution in [1.82, 2.24) is 14.8 Å². The van der Waals surface area contributed by atoms with E-state index in [1.807, 2.05) is 26.1 Å². The molecule has 0 unspecified atom stereocenters. The number of hydrogen-bond acceptors (Lipinski definition) is 6. The zero-order valence-electron chi connectivity index (χ0n) is 18.6. The van der Waals surface area contributed by atoms with Gasteiger partial charge in [-0.2, -0.15) is 5.10 Å². The minimum atomic E-state index is -3.42. The summed E-state index contributed by atoms with van der Waals surface area (Å²) < 4.78 is 27.9. The van der Waals surface area contributed by atoms with Crippen LogP contribution in [0.1, 0.15) is 24.0 Å². The zero-order chi connectivity index (χ0) is 23.4. The third kappa shape index (κ3) is 5.48. The maximum absolute atomic E-state index is 13.2. The molecule has 2 aromatic heterocycles. The van der Waals surface area contributed by atoms with Crippen LogP contribution in [0, 0.1) is 13.8 Å². The van der Waals surface area contributed by atoms with E-state index in [9.17, 15) is 13.2 Å². The molecule has 0 saturated heterocycles. The van der Waals surface area contributed by atoms with E-state index >= 15 is 0 Å². The summed E-state index contributed by atoms with van der Waals surface area (Å²) in [4.78, 5) is 19.9. The van der Waals surface area contributed by atoms with E-state index in [1.54, 1.807) is 46.1 Å². The largest absolute Gasteiger partial charge is 0.286 e. The van der Waals surface area contributed by atoms with Gasteiger partial charge in [0.25, 0.3) is 0 Å². The van der Waals surface area contributed by atoms with Crippen LogP contribution in [0.25, 0.3) is 10.2 Å². The number of nitrogens with zero attached hydrogens (tertiary/aromatic N) is 4. The molecule has 0 bridgehead atoms. The number of hydrogen-bond donors (Lipinski definition) is 0. The molecule has 2 heterocycles. The summed E-state index contributed by atoms with van der Waals surface area (Å²) in [5.41, 5.74) is 3.11. The number of aryl methyl sites for hydroxylation is 2. The minimum Gasteiger partial charge on any atom is -0.286 e. The van der Waals surface area contributed by atoms with Crippen molar-refractivity contribution in [2.24, 2.45) is 0 Å². The lowest BCUT2D eigenvalue weighted by Crippen LogP contribution is -2.34. The average Bonchev–Trinajstić information content (AvgIpc) is 3.44. The van der Waals surface area contributed by atoms with Gasteiger partial charge in [0.1, 0.15) is 0 Å². The molecule has 4 rings (SSSR count). The Kier molecular flexibility index (Phi) is 6.90. The number of thiazole rings is 1. The number of carbonyl (C=O) groups is 1. The lowest BCUT2D eigenvalue weighted by Gasteiger charge is -2.20. The summed E-state index contributed by atoms with van der Waals surface area (Å²) in [7, 11) is -3.42. The normalized spacial score (nSPS) is 11.7. The summed E-state index contributed by atoms with van der Waals surface area (Å²) in [5.74, 6) is -0.215. The van der Waals surface area contributed by atoms with Gasteiger partial charge in [-0.1, -0.05) is 35.6 Å². The summed E-state index contributed by atoms with van der Waals surface area (Å²) >= 11 is 1.48. The van der Waals surface area contributed by atoms with E-state index in [-0.39, 0.29) is 29.4 Å². The van der Waals surface area contributed by atoms with Gasteiger partial charge in [-0.05, 0) is 55.7 Å². The lowest BCUT2D eigenvalue weighted by molar-refractivity contribution is -0.118. The molecule has 0 spiro atoms. The first kappa shape index (κ1) is 23.1. The van der Waals surface area contributed by atoms with E-state index in [0.29, 0.717) is 18.2 Å². The van der Waals surface area contributed by atoms with Crippen molar-refractivity contribution >= 4 is 42.4 Å². The highest BCUT2D eigenvalue weighted by atomic mass is 32.2. The molecule has 2 aromatic carbocycles. The number of aromatic nitrogens is 3. The Balaban J connectivity index is 1.51.